The first-order valence-electron chi connectivity index (χ1n) is 7.83. The summed E-state index contributed by atoms with van der Waals surface area (Å²) in [6.07, 6.45) is 0. The van der Waals surface area contributed by atoms with Gasteiger partial charge in [-0.3, -0.25) is 14.2 Å². The average molecular weight is 372 g/mol. The molecule has 0 saturated heterocycles. The molecule has 1 aromatic heterocycles. The summed E-state index contributed by atoms with van der Waals surface area (Å²) in [6.45, 7) is 1.39. The van der Waals surface area contributed by atoms with E-state index < -0.39 is 11.7 Å². The van der Waals surface area contributed by atoms with Crippen molar-refractivity contribution in [1.29, 1.82) is 0 Å². The molecule has 26 heavy (non-hydrogen) atoms. The van der Waals surface area contributed by atoms with Crippen molar-refractivity contribution in [3.63, 3.8) is 0 Å². The van der Waals surface area contributed by atoms with Gasteiger partial charge in [-0.15, -0.1) is 0 Å². The maximum atomic E-state index is 13.7. The standard InChI is InChI=1S/C19H15ClFN3O2/c1-12-9-18(26)24(19(22-12)13-5-4-6-14(20)10-13)11-17(25)23-16-8-3-2-7-15(16)21/h2-10H,11H2,1H3,(H,23,25). The molecule has 1 amide bonds. The minimum atomic E-state index is -0.551. The van der Waals surface area contributed by atoms with Crippen molar-refractivity contribution in [1.82, 2.24) is 9.55 Å². The lowest BCUT2D eigenvalue weighted by atomic mass is 10.2. The Morgan fingerprint density at radius 3 is 2.69 bits per heavy atom. The van der Waals surface area contributed by atoms with Gasteiger partial charge in [0.2, 0.25) is 5.91 Å². The minimum Gasteiger partial charge on any atom is -0.322 e. The molecular weight excluding hydrogens is 357 g/mol. The maximum absolute atomic E-state index is 13.7. The van der Waals surface area contributed by atoms with E-state index in [0.717, 1.165) is 0 Å². The Hall–Kier alpha value is -2.99. The fourth-order valence-electron chi connectivity index (χ4n) is 2.52. The number of aromatic nitrogens is 2. The number of carbonyl (C=O) groups excluding carboxylic acids is 1. The molecule has 0 spiro atoms. The van der Waals surface area contributed by atoms with Crippen molar-refractivity contribution in [2.75, 3.05) is 5.32 Å². The van der Waals surface area contributed by atoms with Gasteiger partial charge in [0.15, 0.2) is 0 Å². The van der Waals surface area contributed by atoms with Crippen molar-refractivity contribution < 1.29 is 9.18 Å². The van der Waals surface area contributed by atoms with E-state index in [1.165, 1.54) is 28.8 Å². The highest BCUT2D eigenvalue weighted by atomic mass is 35.5. The predicted octanol–water partition coefficient (Wildman–Crippen LogP) is 3.65. The van der Waals surface area contributed by atoms with Gasteiger partial charge in [0.25, 0.3) is 5.56 Å². The lowest BCUT2D eigenvalue weighted by Gasteiger charge is -2.13. The molecule has 0 radical (unpaired) electrons. The number of hydrogen-bond donors (Lipinski definition) is 1. The van der Waals surface area contributed by atoms with Crippen LogP contribution in [0.15, 0.2) is 59.4 Å². The summed E-state index contributed by atoms with van der Waals surface area (Å²) in [4.78, 5) is 29.1. The zero-order valence-electron chi connectivity index (χ0n) is 13.9. The molecule has 0 aliphatic carbocycles. The van der Waals surface area contributed by atoms with Crippen LogP contribution in [0.4, 0.5) is 10.1 Å². The van der Waals surface area contributed by atoms with Crippen LogP contribution in [0, 0.1) is 12.7 Å². The molecule has 0 fully saturated rings. The number of anilines is 1. The van der Waals surface area contributed by atoms with Crippen LogP contribution in [-0.2, 0) is 11.3 Å². The number of hydrogen-bond acceptors (Lipinski definition) is 3. The van der Waals surface area contributed by atoms with Gasteiger partial charge in [-0.1, -0.05) is 35.9 Å². The molecule has 2 aromatic carbocycles. The highest BCUT2D eigenvalue weighted by Crippen LogP contribution is 2.20. The zero-order chi connectivity index (χ0) is 18.7. The van der Waals surface area contributed by atoms with Gasteiger partial charge in [0.1, 0.15) is 18.2 Å². The highest BCUT2D eigenvalue weighted by Gasteiger charge is 2.14. The summed E-state index contributed by atoms with van der Waals surface area (Å²) in [5.41, 5.74) is 0.804. The molecule has 0 unspecified atom stereocenters. The first-order valence-corrected chi connectivity index (χ1v) is 8.20. The molecule has 0 bridgehead atoms. The van der Waals surface area contributed by atoms with Gasteiger partial charge in [0, 0.05) is 22.3 Å². The van der Waals surface area contributed by atoms with Crippen molar-refractivity contribution in [2.24, 2.45) is 0 Å². The van der Waals surface area contributed by atoms with Gasteiger partial charge in [-0.25, -0.2) is 9.37 Å². The van der Waals surface area contributed by atoms with E-state index in [-0.39, 0.29) is 17.8 Å². The Labute approximate surface area is 154 Å². The molecule has 1 N–H and O–H groups in total. The van der Waals surface area contributed by atoms with Crippen molar-refractivity contribution in [2.45, 2.75) is 13.5 Å². The molecule has 0 atom stereocenters. The first-order chi connectivity index (χ1) is 12.4. The quantitative estimate of drug-likeness (QED) is 0.761. The summed E-state index contributed by atoms with van der Waals surface area (Å²) in [6, 6.07) is 14.0. The van der Waals surface area contributed by atoms with Gasteiger partial charge in [-0.05, 0) is 31.2 Å². The van der Waals surface area contributed by atoms with Crippen LogP contribution >= 0.6 is 11.6 Å². The van der Waals surface area contributed by atoms with Crippen LogP contribution in [-0.4, -0.2) is 15.5 Å². The van der Waals surface area contributed by atoms with E-state index in [0.29, 0.717) is 22.1 Å². The minimum absolute atomic E-state index is 0.0509. The van der Waals surface area contributed by atoms with Crippen LogP contribution < -0.4 is 10.9 Å². The lowest BCUT2D eigenvalue weighted by Crippen LogP contribution is -2.29. The normalized spacial score (nSPS) is 10.6. The van der Waals surface area contributed by atoms with Gasteiger partial charge < -0.3 is 5.32 Å². The number of aryl methyl sites for hydroxylation is 1. The van der Waals surface area contributed by atoms with Gasteiger partial charge in [0.05, 0.1) is 5.69 Å². The number of para-hydroxylation sites is 1. The van der Waals surface area contributed by atoms with Crippen LogP contribution in [0.3, 0.4) is 0 Å². The molecule has 132 valence electrons. The van der Waals surface area contributed by atoms with Crippen LogP contribution in [0.1, 0.15) is 5.69 Å². The monoisotopic (exact) mass is 371 g/mol. The van der Waals surface area contributed by atoms with E-state index in [1.54, 1.807) is 37.3 Å². The van der Waals surface area contributed by atoms with Crippen LogP contribution in [0.2, 0.25) is 5.02 Å². The number of benzene rings is 2. The topological polar surface area (TPSA) is 64.0 Å². The zero-order valence-corrected chi connectivity index (χ0v) is 14.6. The second kappa shape index (κ2) is 7.49. The van der Waals surface area contributed by atoms with Crippen LogP contribution in [0.5, 0.6) is 0 Å². The smallest absolute Gasteiger partial charge is 0.254 e. The Balaban J connectivity index is 1.96. The lowest BCUT2D eigenvalue weighted by molar-refractivity contribution is -0.116. The summed E-state index contributed by atoms with van der Waals surface area (Å²) in [7, 11) is 0. The van der Waals surface area contributed by atoms with E-state index in [1.807, 2.05) is 0 Å². The molecule has 0 aliphatic rings. The number of amides is 1. The molecule has 0 saturated carbocycles. The Bertz CT molecular complexity index is 1030. The van der Waals surface area contributed by atoms with Crippen molar-refractivity contribution in [3.8, 4) is 11.4 Å². The molecule has 3 rings (SSSR count). The Morgan fingerprint density at radius 2 is 1.96 bits per heavy atom. The second-order valence-electron chi connectivity index (χ2n) is 5.68. The fraction of sp³-hybridized carbons (Fsp3) is 0.105. The molecule has 3 aromatic rings. The average Bonchev–Trinajstić information content (AvgIpc) is 2.59. The number of halogens is 2. The first kappa shape index (κ1) is 17.8. The maximum Gasteiger partial charge on any atom is 0.254 e. The highest BCUT2D eigenvalue weighted by molar-refractivity contribution is 6.30. The SMILES string of the molecule is Cc1cc(=O)n(CC(=O)Nc2ccccc2F)c(-c2cccc(Cl)c2)n1. The molecular formula is C19H15ClFN3O2. The van der Waals surface area contributed by atoms with E-state index >= 15 is 0 Å². The Kier molecular flexibility index (Phi) is 5.14. The van der Waals surface area contributed by atoms with Gasteiger partial charge in [-0.2, -0.15) is 0 Å². The molecule has 7 heteroatoms. The van der Waals surface area contributed by atoms with Crippen molar-refractivity contribution in [3.05, 3.63) is 81.5 Å². The van der Waals surface area contributed by atoms with E-state index in [2.05, 4.69) is 10.3 Å². The van der Waals surface area contributed by atoms with Crippen LogP contribution in [0.25, 0.3) is 11.4 Å². The molecule has 1 heterocycles. The number of nitrogens with one attached hydrogen (secondary N) is 1. The third kappa shape index (κ3) is 3.97. The third-order valence-corrected chi connectivity index (χ3v) is 3.90. The number of carbonyl (C=O) groups is 1. The molecule has 5 nitrogen and oxygen atoms in total. The summed E-state index contributed by atoms with van der Waals surface area (Å²) in [5, 5.41) is 2.95. The fourth-order valence-corrected chi connectivity index (χ4v) is 2.71. The third-order valence-electron chi connectivity index (χ3n) is 3.67. The Morgan fingerprint density at radius 1 is 1.19 bits per heavy atom. The predicted molar refractivity (Wildman–Crippen MR) is 98.7 cm³/mol. The summed E-state index contributed by atoms with van der Waals surface area (Å²) >= 11 is 6.02. The van der Waals surface area contributed by atoms with Crippen molar-refractivity contribution >= 4 is 23.2 Å². The largest absolute Gasteiger partial charge is 0.322 e. The van der Waals surface area contributed by atoms with E-state index in [4.69, 9.17) is 11.6 Å². The summed E-state index contributed by atoms with van der Waals surface area (Å²) < 4.78 is 14.9. The summed E-state index contributed by atoms with van der Waals surface area (Å²) in [5.74, 6) is -0.766. The molecule has 0 aliphatic heterocycles. The van der Waals surface area contributed by atoms with Gasteiger partial charge >= 0.3 is 0 Å². The second-order valence-corrected chi connectivity index (χ2v) is 6.12. The van der Waals surface area contributed by atoms with E-state index in [9.17, 15) is 14.0 Å². The number of rotatable bonds is 4. The number of nitrogens with zero attached hydrogens (tertiary/aromatic N) is 2.